The van der Waals surface area contributed by atoms with Crippen LogP contribution in [0.25, 0.3) is 0 Å². The van der Waals surface area contributed by atoms with Gasteiger partial charge in [-0.1, -0.05) is 19.9 Å². The Morgan fingerprint density at radius 2 is 2.00 bits per heavy atom. The second-order valence-corrected chi connectivity index (χ2v) is 6.56. The number of hydrogen-bond donors (Lipinski definition) is 0. The molecule has 1 fully saturated rings. The highest BCUT2D eigenvalue weighted by Crippen LogP contribution is 2.23. The van der Waals surface area contributed by atoms with Gasteiger partial charge in [-0.2, -0.15) is 0 Å². The molecule has 4 nitrogen and oxygen atoms in total. The Kier molecular flexibility index (Phi) is 5.43. The van der Waals surface area contributed by atoms with Gasteiger partial charge in [0.15, 0.2) is 0 Å². The monoisotopic (exact) mass is 328 g/mol. The quantitative estimate of drug-likeness (QED) is 0.841. The molecular weight excluding hydrogens is 305 g/mol. The smallest absolute Gasteiger partial charge is 0.219 e. The molecule has 1 atom stereocenters. The molecule has 0 aliphatic carbocycles. The van der Waals surface area contributed by atoms with E-state index in [0.717, 1.165) is 31.7 Å². The Morgan fingerprint density at radius 1 is 1.21 bits per heavy atom. The molecule has 1 unspecified atom stereocenters. The van der Waals surface area contributed by atoms with Gasteiger partial charge >= 0.3 is 0 Å². The molecule has 3 rings (SSSR count). The van der Waals surface area contributed by atoms with Crippen molar-refractivity contribution in [3.63, 3.8) is 0 Å². The van der Waals surface area contributed by atoms with E-state index >= 15 is 0 Å². The van der Waals surface area contributed by atoms with E-state index in [1.165, 1.54) is 12.1 Å². The molecule has 0 spiro atoms. The van der Waals surface area contributed by atoms with Crippen molar-refractivity contribution < 1.29 is 9.13 Å². The summed E-state index contributed by atoms with van der Waals surface area (Å²) in [6, 6.07) is 9.94. The summed E-state index contributed by atoms with van der Waals surface area (Å²) in [6.07, 6.45) is 1.83. The van der Waals surface area contributed by atoms with Crippen molar-refractivity contribution in [2.75, 3.05) is 26.2 Å². The van der Waals surface area contributed by atoms with Crippen LogP contribution in [0.15, 0.2) is 42.6 Å². The van der Waals surface area contributed by atoms with Gasteiger partial charge in [0, 0.05) is 38.4 Å². The van der Waals surface area contributed by atoms with Crippen LogP contribution in [0.2, 0.25) is 0 Å². The summed E-state index contributed by atoms with van der Waals surface area (Å²) >= 11 is 0. The fraction of sp³-hybridized carbons (Fsp3) is 0.421. The summed E-state index contributed by atoms with van der Waals surface area (Å²) in [5.41, 5.74) is 1.11. The molecule has 1 aliphatic heterocycles. The van der Waals surface area contributed by atoms with Gasteiger partial charge in [-0.05, 0) is 35.7 Å². The van der Waals surface area contributed by atoms with Crippen LogP contribution in [0.1, 0.15) is 25.5 Å². The maximum atomic E-state index is 12.9. The number of halogens is 1. The number of rotatable bonds is 5. The number of ether oxygens (including phenoxy) is 1. The van der Waals surface area contributed by atoms with Crippen molar-refractivity contribution >= 4 is 0 Å². The van der Waals surface area contributed by atoms with Gasteiger partial charge in [0.25, 0.3) is 0 Å². The summed E-state index contributed by atoms with van der Waals surface area (Å²) < 4.78 is 18.5. The highest BCUT2D eigenvalue weighted by Gasteiger charge is 2.22. The Balaban J connectivity index is 1.62. The molecule has 0 saturated carbocycles. The molecule has 2 heterocycles. The van der Waals surface area contributed by atoms with E-state index < -0.39 is 0 Å². The molecule has 127 valence electrons. The van der Waals surface area contributed by atoms with Crippen molar-refractivity contribution in [1.82, 2.24) is 15.2 Å². The Hall–Kier alpha value is -1.98. The van der Waals surface area contributed by atoms with E-state index in [0.29, 0.717) is 17.5 Å². The molecule has 2 aromatic rings. The number of piperazine rings is 1. The van der Waals surface area contributed by atoms with Crippen molar-refractivity contribution in [2.24, 2.45) is 5.92 Å². The van der Waals surface area contributed by atoms with Crippen LogP contribution in [0.4, 0.5) is 4.39 Å². The number of nitrogens with zero attached hydrogens (tertiary/aromatic N) is 3. The summed E-state index contributed by atoms with van der Waals surface area (Å²) in [6.45, 7) is 8.43. The average molecular weight is 328 g/mol. The zero-order valence-corrected chi connectivity index (χ0v) is 14.2. The molecule has 0 N–H and O–H groups in total. The fourth-order valence-electron chi connectivity index (χ4n) is 2.91. The zero-order chi connectivity index (χ0) is 16.9. The van der Waals surface area contributed by atoms with Crippen LogP contribution in [0.5, 0.6) is 11.6 Å². The topological polar surface area (TPSA) is 39.5 Å². The van der Waals surface area contributed by atoms with E-state index in [9.17, 15) is 4.39 Å². The minimum atomic E-state index is -0.282. The molecule has 0 bridgehead atoms. The van der Waals surface area contributed by atoms with Crippen molar-refractivity contribution in [3.05, 3.63) is 54.0 Å². The SMILES string of the molecule is CC(C)CN1CC[N]C(c2ccc(Oc3ccc(F)cc3)nc2)C1. The van der Waals surface area contributed by atoms with E-state index in [-0.39, 0.29) is 11.9 Å². The van der Waals surface area contributed by atoms with E-state index in [1.54, 1.807) is 12.1 Å². The maximum absolute atomic E-state index is 12.9. The standard InChI is InChI=1S/C19H23FN3O/c1-14(2)12-23-10-9-21-18(13-23)15-3-8-19(22-11-15)24-17-6-4-16(20)5-7-17/h3-8,11,14,18H,9-10,12-13H2,1-2H3. The van der Waals surface area contributed by atoms with Gasteiger partial charge in [-0.15, -0.1) is 0 Å². The summed E-state index contributed by atoms with van der Waals surface area (Å²) in [5.74, 6) is 1.45. The first-order valence-corrected chi connectivity index (χ1v) is 8.38. The average Bonchev–Trinajstić information content (AvgIpc) is 2.57. The van der Waals surface area contributed by atoms with Crippen LogP contribution in [-0.4, -0.2) is 36.1 Å². The molecule has 1 aromatic carbocycles. The lowest BCUT2D eigenvalue weighted by molar-refractivity contribution is 0.179. The third-order valence-corrected chi connectivity index (χ3v) is 4.00. The minimum Gasteiger partial charge on any atom is -0.439 e. The molecular formula is C19H23FN3O. The number of pyridine rings is 1. The summed E-state index contributed by atoms with van der Waals surface area (Å²) in [5, 5.41) is 4.72. The van der Waals surface area contributed by atoms with E-state index in [1.807, 2.05) is 18.3 Å². The van der Waals surface area contributed by atoms with Crippen molar-refractivity contribution in [3.8, 4) is 11.6 Å². The van der Waals surface area contributed by atoms with Crippen LogP contribution in [-0.2, 0) is 0 Å². The zero-order valence-electron chi connectivity index (χ0n) is 14.2. The van der Waals surface area contributed by atoms with Gasteiger partial charge in [-0.3, -0.25) is 4.90 Å². The van der Waals surface area contributed by atoms with Gasteiger partial charge in [0.2, 0.25) is 5.88 Å². The Bertz CT molecular complexity index is 643. The fourth-order valence-corrected chi connectivity index (χ4v) is 2.91. The molecule has 1 saturated heterocycles. The van der Waals surface area contributed by atoms with Gasteiger partial charge in [0.1, 0.15) is 11.6 Å². The Labute approximate surface area is 142 Å². The van der Waals surface area contributed by atoms with Crippen LogP contribution < -0.4 is 10.1 Å². The normalized spacial score (nSPS) is 18.8. The lowest BCUT2D eigenvalue weighted by Gasteiger charge is -2.33. The predicted octanol–water partition coefficient (Wildman–Crippen LogP) is 3.63. The van der Waals surface area contributed by atoms with Crippen LogP contribution in [0.3, 0.4) is 0 Å². The maximum Gasteiger partial charge on any atom is 0.219 e. The lowest BCUT2D eigenvalue weighted by Crippen LogP contribution is -2.43. The third kappa shape index (κ3) is 4.52. The molecule has 1 radical (unpaired) electrons. The summed E-state index contributed by atoms with van der Waals surface area (Å²) in [7, 11) is 0. The second-order valence-electron chi connectivity index (χ2n) is 6.56. The highest BCUT2D eigenvalue weighted by molar-refractivity contribution is 5.29. The van der Waals surface area contributed by atoms with Crippen molar-refractivity contribution in [2.45, 2.75) is 19.9 Å². The first-order valence-electron chi connectivity index (χ1n) is 8.38. The lowest BCUT2D eigenvalue weighted by atomic mass is 10.1. The van der Waals surface area contributed by atoms with Gasteiger partial charge in [-0.25, -0.2) is 14.7 Å². The number of hydrogen-bond acceptors (Lipinski definition) is 3. The van der Waals surface area contributed by atoms with Gasteiger partial charge < -0.3 is 4.74 Å². The summed E-state index contributed by atoms with van der Waals surface area (Å²) in [4.78, 5) is 6.83. The first-order chi connectivity index (χ1) is 11.6. The number of benzene rings is 1. The molecule has 24 heavy (non-hydrogen) atoms. The highest BCUT2D eigenvalue weighted by atomic mass is 19.1. The predicted molar refractivity (Wildman–Crippen MR) is 91.7 cm³/mol. The largest absolute Gasteiger partial charge is 0.439 e. The molecule has 1 aromatic heterocycles. The Morgan fingerprint density at radius 3 is 2.67 bits per heavy atom. The van der Waals surface area contributed by atoms with Crippen LogP contribution in [0, 0.1) is 11.7 Å². The molecule has 1 aliphatic rings. The van der Waals surface area contributed by atoms with Crippen molar-refractivity contribution in [1.29, 1.82) is 0 Å². The van der Waals surface area contributed by atoms with Gasteiger partial charge in [0.05, 0.1) is 6.04 Å². The minimum absolute atomic E-state index is 0.171. The second kappa shape index (κ2) is 7.73. The first kappa shape index (κ1) is 16.9. The molecule has 5 heteroatoms. The third-order valence-electron chi connectivity index (χ3n) is 4.00. The molecule has 0 amide bonds. The number of aromatic nitrogens is 1. The van der Waals surface area contributed by atoms with E-state index in [4.69, 9.17) is 10.1 Å². The van der Waals surface area contributed by atoms with Crippen LogP contribution >= 0.6 is 0 Å². The van der Waals surface area contributed by atoms with E-state index in [2.05, 4.69) is 23.7 Å².